The highest BCUT2D eigenvalue weighted by Crippen LogP contribution is 1.92. The van der Waals surface area contributed by atoms with Gasteiger partial charge in [-0.2, -0.15) is 0 Å². The Balaban J connectivity index is 0.000000360. The van der Waals surface area contributed by atoms with E-state index in [1.54, 1.807) is 0 Å². The molecule has 0 unspecified atom stereocenters. The van der Waals surface area contributed by atoms with E-state index < -0.39 is 0 Å². The Kier molecular flexibility index (Phi) is 2.82. The number of thiazole rings is 1. The van der Waals surface area contributed by atoms with E-state index in [2.05, 4.69) is 4.98 Å². The summed E-state index contributed by atoms with van der Waals surface area (Å²) < 4.78 is 0.843. The molecule has 40 valence electrons. The van der Waals surface area contributed by atoms with Crippen LogP contribution in [0.2, 0.25) is 0 Å². The van der Waals surface area contributed by atoms with Crippen LogP contribution in [0.3, 0.4) is 0 Å². The van der Waals surface area contributed by atoms with E-state index in [0.717, 1.165) is 3.95 Å². The van der Waals surface area contributed by atoms with Gasteiger partial charge in [-0.05, 0) is 12.2 Å². The van der Waals surface area contributed by atoms with Crippen LogP contribution < -0.4 is 0 Å². The first-order valence-corrected chi connectivity index (χ1v) is 2.80. The van der Waals surface area contributed by atoms with Crippen molar-refractivity contribution in [2.75, 3.05) is 0 Å². The van der Waals surface area contributed by atoms with Crippen molar-refractivity contribution in [3.8, 4) is 0 Å². The molecule has 0 saturated heterocycles. The summed E-state index contributed by atoms with van der Waals surface area (Å²) in [6.07, 6.45) is 1.83. The van der Waals surface area contributed by atoms with Crippen LogP contribution in [-0.4, -0.2) is 10.5 Å². The highest BCUT2D eigenvalue weighted by molar-refractivity contribution is 7.73. The second kappa shape index (κ2) is 2.90. The number of hydrogen-bond acceptors (Lipinski definition) is 2. The molecule has 1 rings (SSSR count). The van der Waals surface area contributed by atoms with Crippen molar-refractivity contribution in [1.82, 2.24) is 4.98 Å². The first kappa shape index (κ1) is 6.81. The van der Waals surface area contributed by atoms with E-state index in [4.69, 9.17) is 12.2 Å². The third-order valence-electron chi connectivity index (χ3n) is 0.444. The van der Waals surface area contributed by atoms with Gasteiger partial charge in [0.1, 0.15) is 0 Å². The van der Waals surface area contributed by atoms with E-state index >= 15 is 0 Å². The van der Waals surface area contributed by atoms with Gasteiger partial charge in [0.25, 0.3) is 0 Å². The second-order valence-electron chi connectivity index (χ2n) is 0.852. The molecule has 0 radical (unpaired) electrons. The van der Waals surface area contributed by atoms with Gasteiger partial charge in [-0.15, -0.1) is 11.3 Å². The Morgan fingerprint density at radius 2 is 2.43 bits per heavy atom. The van der Waals surface area contributed by atoms with Gasteiger partial charge in [-0.25, -0.2) is 0 Å². The predicted octanol–water partition coefficient (Wildman–Crippen LogP) is 0.981. The van der Waals surface area contributed by atoms with Crippen LogP contribution in [0, 0.1) is 3.95 Å². The summed E-state index contributed by atoms with van der Waals surface area (Å²) in [5.74, 6) is 0. The Hall–Kier alpha value is -0.190. The van der Waals surface area contributed by atoms with Crippen molar-refractivity contribution in [2.45, 2.75) is 0 Å². The maximum atomic E-state index is 4.71. The molecule has 0 aliphatic carbocycles. The lowest BCUT2D eigenvalue weighted by atomic mass is 11.0. The standard InChI is InChI=1S/C3H3NS2.H2O/c5-3-4-1-2-6-3;/h1-2H,(H,4,5);1H2. The Morgan fingerprint density at radius 1 is 1.71 bits per heavy atom. The molecule has 1 aromatic heterocycles. The molecule has 4 heteroatoms. The molecular weight excluding hydrogens is 130 g/mol. The zero-order valence-electron chi connectivity index (χ0n) is 3.47. The third kappa shape index (κ3) is 1.82. The maximum absolute atomic E-state index is 4.71. The lowest BCUT2D eigenvalue weighted by molar-refractivity contribution is 0.824. The Labute approximate surface area is 50.1 Å². The van der Waals surface area contributed by atoms with Crippen molar-refractivity contribution < 1.29 is 5.48 Å². The molecule has 7 heavy (non-hydrogen) atoms. The number of aromatic amines is 1. The largest absolute Gasteiger partial charge is 0.412 e. The molecule has 0 aliphatic rings. The van der Waals surface area contributed by atoms with Gasteiger partial charge in [0.05, 0.1) is 0 Å². The molecule has 0 spiro atoms. The molecule has 0 atom stereocenters. The van der Waals surface area contributed by atoms with Crippen LogP contribution in [0.25, 0.3) is 0 Å². The average molecular weight is 135 g/mol. The van der Waals surface area contributed by atoms with Crippen molar-refractivity contribution in [1.29, 1.82) is 0 Å². The van der Waals surface area contributed by atoms with Gasteiger partial charge < -0.3 is 10.5 Å². The minimum Gasteiger partial charge on any atom is -0.412 e. The molecular formula is C3H5NOS2. The third-order valence-corrected chi connectivity index (χ3v) is 1.45. The number of nitrogens with one attached hydrogen (secondary N) is 1. The number of H-pyrrole nitrogens is 1. The molecule has 0 fully saturated rings. The lowest BCUT2D eigenvalue weighted by Crippen LogP contribution is -1.45. The smallest absolute Gasteiger partial charge is 0.158 e. The molecule has 1 aromatic rings. The van der Waals surface area contributed by atoms with Gasteiger partial charge in [-0.1, -0.05) is 0 Å². The van der Waals surface area contributed by atoms with Gasteiger partial charge in [-0.3, -0.25) is 0 Å². The second-order valence-corrected chi connectivity index (χ2v) is 2.44. The van der Waals surface area contributed by atoms with Gasteiger partial charge in [0, 0.05) is 11.6 Å². The fourth-order valence-corrected chi connectivity index (χ4v) is 0.862. The van der Waals surface area contributed by atoms with Crippen LogP contribution in [0.4, 0.5) is 0 Å². The summed E-state index contributed by atoms with van der Waals surface area (Å²) in [7, 11) is 0. The van der Waals surface area contributed by atoms with Crippen LogP contribution in [0.5, 0.6) is 0 Å². The number of aromatic nitrogens is 1. The van der Waals surface area contributed by atoms with E-state index in [1.807, 2.05) is 11.6 Å². The molecule has 3 N–H and O–H groups in total. The molecule has 0 amide bonds. The van der Waals surface area contributed by atoms with Crippen molar-refractivity contribution in [2.24, 2.45) is 0 Å². The zero-order valence-corrected chi connectivity index (χ0v) is 5.10. The molecule has 0 aromatic carbocycles. The topological polar surface area (TPSA) is 47.3 Å². The summed E-state index contributed by atoms with van der Waals surface area (Å²) >= 11 is 6.25. The van der Waals surface area contributed by atoms with E-state index in [0.29, 0.717) is 0 Å². The lowest BCUT2D eigenvalue weighted by Gasteiger charge is -1.53. The molecule has 0 saturated carbocycles. The van der Waals surface area contributed by atoms with Crippen LogP contribution in [0.15, 0.2) is 11.6 Å². The fourth-order valence-electron chi connectivity index (χ4n) is 0.232. The summed E-state index contributed by atoms with van der Waals surface area (Å²) in [6.45, 7) is 0. The van der Waals surface area contributed by atoms with Crippen LogP contribution in [-0.2, 0) is 0 Å². The quantitative estimate of drug-likeness (QED) is 0.530. The molecule has 2 nitrogen and oxygen atoms in total. The average Bonchev–Trinajstić information content (AvgIpc) is 1.86. The monoisotopic (exact) mass is 135 g/mol. The van der Waals surface area contributed by atoms with Crippen LogP contribution in [0.1, 0.15) is 0 Å². The highest BCUT2D eigenvalue weighted by atomic mass is 32.1. The van der Waals surface area contributed by atoms with Gasteiger partial charge in [0.2, 0.25) is 0 Å². The molecule has 1 heterocycles. The maximum Gasteiger partial charge on any atom is 0.158 e. The van der Waals surface area contributed by atoms with Crippen molar-refractivity contribution >= 4 is 23.6 Å². The van der Waals surface area contributed by atoms with E-state index in [1.165, 1.54) is 11.3 Å². The first-order valence-electron chi connectivity index (χ1n) is 1.52. The zero-order chi connectivity index (χ0) is 4.41. The minimum absolute atomic E-state index is 0. The number of hydrogen-bond donors (Lipinski definition) is 1. The summed E-state index contributed by atoms with van der Waals surface area (Å²) in [5.41, 5.74) is 0. The van der Waals surface area contributed by atoms with Crippen LogP contribution >= 0.6 is 23.6 Å². The van der Waals surface area contributed by atoms with Crippen molar-refractivity contribution in [3.63, 3.8) is 0 Å². The summed E-state index contributed by atoms with van der Waals surface area (Å²) in [4.78, 5) is 2.83. The van der Waals surface area contributed by atoms with Gasteiger partial charge >= 0.3 is 0 Å². The van der Waals surface area contributed by atoms with Crippen molar-refractivity contribution in [3.05, 3.63) is 15.5 Å². The van der Waals surface area contributed by atoms with E-state index in [9.17, 15) is 0 Å². The SMILES string of the molecule is O.S=c1[nH]ccs1. The highest BCUT2D eigenvalue weighted by Gasteiger charge is 1.67. The first-order chi connectivity index (χ1) is 2.89. The van der Waals surface area contributed by atoms with Gasteiger partial charge in [0.15, 0.2) is 3.95 Å². The fraction of sp³-hybridized carbons (Fsp3) is 0. The predicted molar refractivity (Wildman–Crippen MR) is 33.1 cm³/mol. The minimum atomic E-state index is 0. The number of rotatable bonds is 0. The Morgan fingerprint density at radius 3 is 2.57 bits per heavy atom. The summed E-state index contributed by atoms with van der Waals surface area (Å²) in [5, 5.41) is 1.92. The molecule has 0 bridgehead atoms. The van der Waals surface area contributed by atoms with E-state index in [-0.39, 0.29) is 5.48 Å². The summed E-state index contributed by atoms with van der Waals surface area (Å²) in [6, 6.07) is 0. The Bertz CT molecular complexity index is 151. The molecule has 0 aliphatic heterocycles. The normalized spacial score (nSPS) is 7.43.